The summed E-state index contributed by atoms with van der Waals surface area (Å²) >= 11 is 1.31. The predicted molar refractivity (Wildman–Crippen MR) is 116 cm³/mol. The number of hydrogen-bond acceptors (Lipinski definition) is 7. The number of carbonyl (C=O) groups excluding carboxylic acids is 2. The Morgan fingerprint density at radius 3 is 2.43 bits per heavy atom. The molecule has 9 heteroatoms. The molecule has 3 N–H and O–H groups in total. The van der Waals surface area contributed by atoms with E-state index in [1.165, 1.54) is 11.3 Å². The van der Waals surface area contributed by atoms with Crippen molar-refractivity contribution in [3.63, 3.8) is 0 Å². The molecule has 1 heterocycles. The van der Waals surface area contributed by atoms with Gasteiger partial charge in [0.2, 0.25) is 0 Å². The lowest BCUT2D eigenvalue weighted by atomic mass is 10.2. The zero-order chi connectivity index (χ0) is 21.5. The number of hydrazine groups is 1. The van der Waals surface area contributed by atoms with Crippen LogP contribution in [0.1, 0.15) is 16.1 Å². The lowest BCUT2D eigenvalue weighted by molar-refractivity contribution is -0.120. The van der Waals surface area contributed by atoms with Crippen LogP contribution in [-0.4, -0.2) is 37.6 Å². The molecule has 0 bridgehead atoms. The number of ether oxygens (including phenoxy) is 2. The van der Waals surface area contributed by atoms with Crippen molar-refractivity contribution in [2.45, 2.75) is 6.92 Å². The molecule has 0 atom stereocenters. The van der Waals surface area contributed by atoms with Gasteiger partial charge in [0.05, 0.1) is 20.8 Å². The summed E-state index contributed by atoms with van der Waals surface area (Å²) in [5, 5.41) is 5.25. The number of nitrogens with zero attached hydrogens (tertiary/aromatic N) is 1. The highest BCUT2D eigenvalue weighted by Crippen LogP contribution is 2.33. The number of rotatable bonds is 7. The summed E-state index contributed by atoms with van der Waals surface area (Å²) in [7, 11) is 3.12. The van der Waals surface area contributed by atoms with E-state index in [0.29, 0.717) is 16.5 Å². The Kier molecular flexibility index (Phi) is 6.87. The highest BCUT2D eigenvalue weighted by Gasteiger charge is 2.14. The van der Waals surface area contributed by atoms with Crippen LogP contribution in [0, 0.1) is 6.92 Å². The van der Waals surface area contributed by atoms with E-state index in [1.807, 2.05) is 37.3 Å². The van der Waals surface area contributed by atoms with E-state index in [-0.39, 0.29) is 18.1 Å². The fraction of sp³-hybridized carbons (Fsp3) is 0.190. The first-order chi connectivity index (χ1) is 14.5. The molecule has 30 heavy (non-hydrogen) atoms. The monoisotopic (exact) mass is 426 g/mol. The van der Waals surface area contributed by atoms with Gasteiger partial charge in [0.25, 0.3) is 11.8 Å². The molecule has 2 aromatic carbocycles. The van der Waals surface area contributed by atoms with E-state index < -0.39 is 5.91 Å². The summed E-state index contributed by atoms with van der Waals surface area (Å²) < 4.78 is 10.5. The summed E-state index contributed by atoms with van der Waals surface area (Å²) in [5.41, 5.74) is 7.70. The zero-order valence-corrected chi connectivity index (χ0v) is 17.6. The average Bonchev–Trinajstić information content (AvgIpc) is 3.27. The van der Waals surface area contributed by atoms with Crippen LogP contribution in [0.2, 0.25) is 0 Å². The van der Waals surface area contributed by atoms with E-state index in [9.17, 15) is 9.59 Å². The fourth-order valence-corrected chi connectivity index (χ4v) is 3.37. The van der Waals surface area contributed by atoms with Crippen molar-refractivity contribution in [1.29, 1.82) is 0 Å². The van der Waals surface area contributed by atoms with Gasteiger partial charge in [-0.3, -0.25) is 20.4 Å². The van der Waals surface area contributed by atoms with E-state index >= 15 is 0 Å². The molecule has 1 aromatic heterocycles. The van der Waals surface area contributed by atoms with Gasteiger partial charge in [0, 0.05) is 16.6 Å². The van der Waals surface area contributed by atoms with Gasteiger partial charge >= 0.3 is 0 Å². The molecule has 0 unspecified atom stereocenters. The fourth-order valence-electron chi connectivity index (χ4n) is 2.57. The molecule has 8 nitrogen and oxygen atoms in total. The second kappa shape index (κ2) is 9.75. The van der Waals surface area contributed by atoms with Gasteiger partial charge in [-0.1, -0.05) is 17.7 Å². The molecule has 3 rings (SSSR count). The Morgan fingerprint density at radius 2 is 1.73 bits per heavy atom. The van der Waals surface area contributed by atoms with E-state index in [4.69, 9.17) is 9.47 Å². The Balaban J connectivity index is 1.54. The maximum atomic E-state index is 12.3. The number of carbonyl (C=O) groups is 2. The molecular weight excluding hydrogens is 404 g/mol. The van der Waals surface area contributed by atoms with Crippen LogP contribution in [0.15, 0.2) is 47.8 Å². The SMILES string of the molecule is COc1ccc(-c2nc(C(=O)NNC(=O)CNc3ccc(C)cc3)cs2)cc1OC. The first kappa shape index (κ1) is 21.1. The van der Waals surface area contributed by atoms with Crippen molar-refractivity contribution >= 4 is 28.8 Å². The third-order valence-electron chi connectivity index (χ3n) is 4.19. The van der Waals surface area contributed by atoms with E-state index in [2.05, 4.69) is 21.2 Å². The molecule has 2 amide bonds. The van der Waals surface area contributed by atoms with Crippen LogP contribution in [0.5, 0.6) is 11.5 Å². The van der Waals surface area contributed by atoms with Crippen molar-refractivity contribution < 1.29 is 19.1 Å². The van der Waals surface area contributed by atoms with Crippen LogP contribution < -0.4 is 25.6 Å². The molecule has 0 saturated heterocycles. The zero-order valence-electron chi connectivity index (χ0n) is 16.8. The standard InChI is InChI=1S/C21H22N4O4S/c1-13-4-7-15(8-5-13)22-11-19(26)24-25-20(27)16-12-30-21(23-16)14-6-9-17(28-2)18(10-14)29-3/h4-10,12,22H,11H2,1-3H3,(H,24,26)(H,25,27). The molecule has 0 radical (unpaired) electrons. The normalized spacial score (nSPS) is 10.2. The van der Waals surface area contributed by atoms with Crippen LogP contribution in [-0.2, 0) is 4.79 Å². The summed E-state index contributed by atoms with van der Waals surface area (Å²) in [5.74, 6) is 0.309. The van der Waals surface area contributed by atoms with Gasteiger partial charge in [0.1, 0.15) is 10.7 Å². The summed E-state index contributed by atoms with van der Waals surface area (Å²) in [6.45, 7) is 2.01. The molecule has 156 valence electrons. The lowest BCUT2D eigenvalue weighted by Gasteiger charge is -2.09. The summed E-state index contributed by atoms with van der Waals surface area (Å²) in [6, 6.07) is 13.0. The summed E-state index contributed by atoms with van der Waals surface area (Å²) in [6.07, 6.45) is 0. The third kappa shape index (κ3) is 5.26. The minimum Gasteiger partial charge on any atom is -0.493 e. The number of amides is 2. The van der Waals surface area contributed by atoms with Crippen LogP contribution in [0.25, 0.3) is 10.6 Å². The molecule has 0 saturated carbocycles. The van der Waals surface area contributed by atoms with Crippen LogP contribution in [0.4, 0.5) is 5.69 Å². The van der Waals surface area contributed by atoms with Crippen molar-refractivity contribution in [1.82, 2.24) is 15.8 Å². The molecule has 0 aliphatic heterocycles. The van der Waals surface area contributed by atoms with Gasteiger partial charge < -0.3 is 14.8 Å². The number of thiazole rings is 1. The Bertz CT molecular complexity index is 1030. The highest BCUT2D eigenvalue weighted by atomic mass is 32.1. The number of anilines is 1. The Morgan fingerprint density at radius 1 is 1.00 bits per heavy atom. The minimum atomic E-state index is -0.498. The highest BCUT2D eigenvalue weighted by molar-refractivity contribution is 7.13. The average molecular weight is 426 g/mol. The quantitative estimate of drug-likeness (QED) is 0.502. The number of aromatic nitrogens is 1. The van der Waals surface area contributed by atoms with Gasteiger partial charge in [-0.15, -0.1) is 11.3 Å². The second-order valence-corrected chi connectivity index (χ2v) is 7.19. The molecule has 0 fully saturated rings. The predicted octanol–water partition coefficient (Wildman–Crippen LogP) is 3.01. The van der Waals surface area contributed by atoms with Crippen molar-refractivity contribution in [3.05, 3.63) is 59.1 Å². The maximum absolute atomic E-state index is 12.3. The van der Waals surface area contributed by atoms with E-state index in [1.54, 1.807) is 31.7 Å². The first-order valence-corrected chi connectivity index (χ1v) is 9.95. The number of aryl methyl sites for hydroxylation is 1. The first-order valence-electron chi connectivity index (χ1n) is 9.08. The van der Waals surface area contributed by atoms with Crippen molar-refractivity contribution in [3.8, 4) is 22.1 Å². The lowest BCUT2D eigenvalue weighted by Crippen LogP contribution is -2.44. The molecule has 3 aromatic rings. The number of hydrogen-bond donors (Lipinski definition) is 3. The summed E-state index contributed by atoms with van der Waals surface area (Å²) in [4.78, 5) is 28.6. The van der Waals surface area contributed by atoms with Gasteiger partial charge in [-0.25, -0.2) is 4.98 Å². The van der Waals surface area contributed by atoms with Crippen molar-refractivity contribution in [2.75, 3.05) is 26.1 Å². The Labute approximate surface area is 178 Å². The number of benzene rings is 2. The topological polar surface area (TPSA) is 102 Å². The van der Waals surface area contributed by atoms with Crippen LogP contribution in [0.3, 0.4) is 0 Å². The maximum Gasteiger partial charge on any atom is 0.289 e. The number of nitrogens with one attached hydrogen (secondary N) is 3. The van der Waals surface area contributed by atoms with Gasteiger partial charge in [-0.05, 0) is 37.3 Å². The van der Waals surface area contributed by atoms with Crippen LogP contribution >= 0.6 is 11.3 Å². The van der Waals surface area contributed by atoms with E-state index in [0.717, 1.165) is 16.8 Å². The largest absolute Gasteiger partial charge is 0.493 e. The molecule has 0 spiro atoms. The molecule has 0 aliphatic carbocycles. The van der Waals surface area contributed by atoms with Gasteiger partial charge in [-0.2, -0.15) is 0 Å². The van der Waals surface area contributed by atoms with Crippen molar-refractivity contribution in [2.24, 2.45) is 0 Å². The smallest absolute Gasteiger partial charge is 0.289 e. The third-order valence-corrected chi connectivity index (χ3v) is 5.08. The Hall–Kier alpha value is -3.59. The molecule has 0 aliphatic rings. The second-order valence-electron chi connectivity index (χ2n) is 6.33. The van der Waals surface area contributed by atoms with Gasteiger partial charge in [0.15, 0.2) is 11.5 Å². The minimum absolute atomic E-state index is 0.0251. The number of methoxy groups -OCH3 is 2. The molecular formula is C21H22N4O4S.